The van der Waals surface area contributed by atoms with Crippen LogP contribution in [0.2, 0.25) is 0 Å². The van der Waals surface area contributed by atoms with E-state index in [1.807, 2.05) is 29.9 Å². The Hall–Kier alpha value is -1.93. The van der Waals surface area contributed by atoms with Crippen LogP contribution in [0.5, 0.6) is 0 Å². The molecule has 7 nitrogen and oxygen atoms in total. The molecule has 0 bridgehead atoms. The Labute approximate surface area is 133 Å². The minimum atomic E-state index is -10.7. The van der Waals surface area contributed by atoms with Crippen LogP contribution in [0.3, 0.4) is 0 Å². The number of nitrogens with zero attached hydrogens (tertiary/aromatic N) is 4. The number of hydrogen-bond donors (Lipinski definition) is 0. The van der Waals surface area contributed by atoms with Gasteiger partial charge < -0.3 is 9.57 Å². The van der Waals surface area contributed by atoms with Crippen molar-refractivity contribution >= 4 is 26.1 Å². The molecule has 0 aliphatic carbocycles. The van der Waals surface area contributed by atoms with Gasteiger partial charge in [0.2, 0.25) is 12.1 Å². The molecule has 0 N–H and O–H groups in total. The molecular formula is C10H15F6N4O3P. The monoisotopic (exact) mass is 384 g/mol. The van der Waals surface area contributed by atoms with E-state index in [0.717, 1.165) is 6.54 Å². The Morgan fingerprint density at radius 3 is 2.33 bits per heavy atom. The number of rotatable bonds is 4. The molecular weight excluding hydrogens is 369 g/mol. The van der Waals surface area contributed by atoms with Crippen LogP contribution in [-0.2, 0) is 14.4 Å². The zero-order valence-corrected chi connectivity index (χ0v) is 13.5. The molecule has 0 radical (unpaired) electrons. The first-order chi connectivity index (χ1) is 10.6. The van der Waals surface area contributed by atoms with Gasteiger partial charge in [0.25, 0.3) is 6.29 Å². The maximum atomic E-state index is 10.3. The average Bonchev–Trinajstić information content (AvgIpc) is 2.36. The van der Waals surface area contributed by atoms with Gasteiger partial charge in [-0.25, -0.2) is 0 Å². The minimum absolute atomic E-state index is 0.303. The third-order valence-electron chi connectivity index (χ3n) is 1.95. The van der Waals surface area contributed by atoms with E-state index in [2.05, 4.69) is 5.16 Å². The molecule has 0 spiro atoms. The van der Waals surface area contributed by atoms with Crippen molar-refractivity contribution < 1.29 is 44.1 Å². The quantitative estimate of drug-likeness (QED) is 0.142. The Morgan fingerprint density at radius 1 is 1.38 bits per heavy atom. The molecule has 1 aliphatic heterocycles. The third kappa shape index (κ3) is 16.4. The van der Waals surface area contributed by atoms with Crippen molar-refractivity contribution in [2.75, 3.05) is 33.8 Å². The molecule has 0 aromatic rings. The van der Waals surface area contributed by atoms with Crippen molar-refractivity contribution in [2.45, 2.75) is 6.29 Å². The summed E-state index contributed by atoms with van der Waals surface area (Å²) in [6.45, 7) is 1.77. The van der Waals surface area contributed by atoms with Crippen LogP contribution < -0.4 is 0 Å². The molecule has 1 unspecified atom stereocenters. The molecule has 0 saturated carbocycles. The number of hydrogen-bond acceptors (Lipinski definition) is 5. The first-order valence-corrected chi connectivity index (χ1v) is 8.16. The Bertz CT molecular complexity index is 541. The Balaban J connectivity index is 0.000000640. The molecule has 24 heavy (non-hydrogen) atoms. The van der Waals surface area contributed by atoms with Crippen LogP contribution in [0.1, 0.15) is 0 Å². The summed E-state index contributed by atoms with van der Waals surface area (Å²) in [5, 5.41) is 11.9. The van der Waals surface area contributed by atoms with Crippen LogP contribution in [0.25, 0.3) is 0 Å². The van der Waals surface area contributed by atoms with Crippen molar-refractivity contribution in [1.82, 2.24) is 4.90 Å². The summed E-state index contributed by atoms with van der Waals surface area (Å²) < 4.78 is 66.4. The molecule has 0 amide bonds. The van der Waals surface area contributed by atoms with E-state index < -0.39 is 14.1 Å². The first kappa shape index (κ1) is 22.1. The standard InChI is InChI=1S/C10H15N4O3.F6P/c1-13(2)8-14-3-4-16-10(6-14)17-12-9(5-11)7-15;1-7(2,3,4,5)6/h7-8,10H,3-4,6H2,1-2H3;/q+1;-1/b12-9+;. The number of carbonyl (C=O) groups excluding carboxylic acids is 1. The molecule has 1 fully saturated rings. The van der Waals surface area contributed by atoms with Crippen LogP contribution in [-0.4, -0.2) is 67.9 Å². The normalized spacial score (nSPS) is 21.2. The molecule has 0 aromatic carbocycles. The van der Waals surface area contributed by atoms with Gasteiger partial charge in [0.15, 0.2) is 6.29 Å². The molecule has 140 valence electrons. The van der Waals surface area contributed by atoms with Gasteiger partial charge in [-0.05, 0) is 0 Å². The SMILES string of the molecule is C[N+](C)=CN1CCOC(O/N=C(\C#N)C=O)C1.F[P-](F)(F)(F)(F)F. The Kier molecular flexibility index (Phi) is 6.72. The fourth-order valence-electron chi connectivity index (χ4n) is 1.32. The summed E-state index contributed by atoms with van der Waals surface area (Å²) in [6.07, 6.45) is 1.70. The molecule has 1 aliphatic rings. The second-order valence-electron chi connectivity index (χ2n) is 4.64. The molecule has 0 aromatic heterocycles. The number of halogens is 6. The van der Waals surface area contributed by atoms with Gasteiger partial charge in [0, 0.05) is 0 Å². The van der Waals surface area contributed by atoms with Crippen molar-refractivity contribution in [3.8, 4) is 6.07 Å². The molecule has 1 atom stereocenters. The van der Waals surface area contributed by atoms with E-state index in [0.29, 0.717) is 19.4 Å². The van der Waals surface area contributed by atoms with E-state index in [-0.39, 0.29) is 5.71 Å². The van der Waals surface area contributed by atoms with Crippen LogP contribution in [0.4, 0.5) is 25.2 Å². The average molecular weight is 384 g/mol. The second kappa shape index (κ2) is 7.31. The third-order valence-corrected chi connectivity index (χ3v) is 1.95. The number of ether oxygens (including phenoxy) is 1. The summed E-state index contributed by atoms with van der Waals surface area (Å²) in [7, 11) is -6.82. The summed E-state index contributed by atoms with van der Waals surface area (Å²) in [5.41, 5.74) is -0.303. The second-order valence-corrected chi connectivity index (χ2v) is 6.56. The number of carbonyl (C=O) groups is 1. The van der Waals surface area contributed by atoms with Crippen molar-refractivity contribution in [3.05, 3.63) is 0 Å². The van der Waals surface area contributed by atoms with Gasteiger partial charge in [0.1, 0.15) is 19.2 Å². The fraction of sp³-hybridized carbons (Fsp3) is 0.600. The van der Waals surface area contributed by atoms with Gasteiger partial charge in [0.05, 0.1) is 20.7 Å². The van der Waals surface area contributed by atoms with Crippen molar-refractivity contribution in [1.29, 1.82) is 5.26 Å². The molecule has 1 rings (SSSR count). The summed E-state index contributed by atoms with van der Waals surface area (Å²) in [5.74, 6) is 0. The summed E-state index contributed by atoms with van der Waals surface area (Å²) in [6, 6.07) is 1.61. The molecule has 1 saturated heterocycles. The van der Waals surface area contributed by atoms with Crippen LogP contribution in [0.15, 0.2) is 5.16 Å². The van der Waals surface area contributed by atoms with Gasteiger partial charge in [-0.3, -0.25) is 14.3 Å². The number of morpholine rings is 1. The fourth-order valence-corrected chi connectivity index (χ4v) is 1.32. The predicted molar refractivity (Wildman–Crippen MR) is 73.3 cm³/mol. The van der Waals surface area contributed by atoms with E-state index in [9.17, 15) is 30.0 Å². The summed E-state index contributed by atoms with van der Waals surface area (Å²) >= 11 is 0. The van der Waals surface area contributed by atoms with Gasteiger partial charge in [-0.15, -0.1) is 0 Å². The van der Waals surface area contributed by atoms with Crippen LogP contribution >= 0.6 is 7.81 Å². The first-order valence-electron chi connectivity index (χ1n) is 6.13. The van der Waals surface area contributed by atoms with Gasteiger partial charge >= 0.3 is 33.0 Å². The van der Waals surface area contributed by atoms with Gasteiger partial charge in [-0.2, -0.15) is 5.26 Å². The van der Waals surface area contributed by atoms with Crippen molar-refractivity contribution in [3.63, 3.8) is 0 Å². The van der Waals surface area contributed by atoms with Crippen molar-refractivity contribution in [2.24, 2.45) is 5.16 Å². The zero-order chi connectivity index (χ0) is 19.1. The maximum absolute atomic E-state index is 10.7. The zero-order valence-electron chi connectivity index (χ0n) is 12.6. The summed E-state index contributed by atoms with van der Waals surface area (Å²) in [4.78, 5) is 17.3. The number of aldehydes is 1. The Morgan fingerprint density at radius 2 is 1.92 bits per heavy atom. The van der Waals surface area contributed by atoms with E-state index >= 15 is 0 Å². The predicted octanol–water partition coefficient (Wildman–Crippen LogP) is 2.42. The molecule has 14 heteroatoms. The van der Waals surface area contributed by atoms with Gasteiger partial charge in [-0.1, -0.05) is 5.16 Å². The number of oxime groups is 1. The van der Waals surface area contributed by atoms with E-state index in [1.165, 1.54) is 0 Å². The molecule has 1 heterocycles. The van der Waals surface area contributed by atoms with E-state index in [1.54, 1.807) is 6.07 Å². The van der Waals surface area contributed by atoms with Crippen LogP contribution in [0, 0.1) is 11.3 Å². The van der Waals surface area contributed by atoms with E-state index in [4.69, 9.17) is 14.8 Å². The number of nitriles is 1. The topological polar surface area (TPSA) is 77.9 Å².